The molecule has 0 unspecified atom stereocenters. The summed E-state index contributed by atoms with van der Waals surface area (Å²) < 4.78 is 44.1. The molecule has 0 aliphatic heterocycles. The fourth-order valence-corrected chi connectivity index (χ4v) is 3.21. The Morgan fingerprint density at radius 1 is 1.11 bits per heavy atom. The minimum absolute atomic E-state index is 0.378. The van der Waals surface area contributed by atoms with Gasteiger partial charge in [0.15, 0.2) is 0 Å². The van der Waals surface area contributed by atoms with Crippen LogP contribution in [0, 0.1) is 0 Å². The first-order chi connectivity index (χ1) is 16.7. The number of fused-ring (bicyclic) bond motifs is 1. The number of aromatic nitrogens is 3. The third kappa shape index (κ3) is 7.40. The molecular formula is C27H31F3N4O. The largest absolute Gasteiger partial charge is 0.494 e. The molecule has 8 heteroatoms. The number of rotatable bonds is 8. The number of ether oxygens (including phenoxy) is 1. The van der Waals surface area contributed by atoms with Crippen molar-refractivity contribution in [3.8, 4) is 17.0 Å². The second kappa shape index (κ2) is 12.7. The summed E-state index contributed by atoms with van der Waals surface area (Å²) in [5.41, 5.74) is 2.75. The summed E-state index contributed by atoms with van der Waals surface area (Å²) in [7, 11) is 1.51. The van der Waals surface area contributed by atoms with Gasteiger partial charge in [0, 0.05) is 23.7 Å². The molecule has 1 aromatic carbocycles. The van der Waals surface area contributed by atoms with Crippen molar-refractivity contribution in [1.82, 2.24) is 15.0 Å². The third-order valence-corrected chi connectivity index (χ3v) is 4.90. The van der Waals surface area contributed by atoms with Crippen molar-refractivity contribution in [2.75, 3.05) is 19.0 Å². The molecule has 0 amide bonds. The monoisotopic (exact) mass is 484 g/mol. The third-order valence-electron chi connectivity index (χ3n) is 4.90. The number of hydrogen-bond acceptors (Lipinski definition) is 5. The maximum Gasteiger partial charge on any atom is 0.417 e. The fourth-order valence-electron chi connectivity index (χ4n) is 3.21. The molecule has 0 aliphatic carbocycles. The van der Waals surface area contributed by atoms with Crippen molar-refractivity contribution in [2.45, 2.75) is 40.3 Å². The van der Waals surface area contributed by atoms with Crippen LogP contribution in [-0.2, 0) is 6.18 Å². The van der Waals surface area contributed by atoms with Crippen molar-refractivity contribution in [3.63, 3.8) is 0 Å². The van der Waals surface area contributed by atoms with Crippen LogP contribution in [0.4, 0.5) is 19.0 Å². The van der Waals surface area contributed by atoms with Crippen LogP contribution in [0.25, 0.3) is 22.2 Å². The molecule has 3 aromatic rings. The van der Waals surface area contributed by atoms with E-state index >= 15 is 0 Å². The average Bonchev–Trinajstić information content (AvgIpc) is 2.86. The molecule has 0 spiro atoms. The lowest BCUT2D eigenvalue weighted by Gasteiger charge is -2.13. The second-order valence-electron chi connectivity index (χ2n) is 7.43. The van der Waals surface area contributed by atoms with Crippen molar-refractivity contribution in [1.29, 1.82) is 0 Å². The van der Waals surface area contributed by atoms with Crippen molar-refractivity contribution in [2.24, 2.45) is 0 Å². The van der Waals surface area contributed by atoms with E-state index in [0.717, 1.165) is 29.8 Å². The van der Waals surface area contributed by atoms with Crippen LogP contribution in [0.1, 0.15) is 39.7 Å². The van der Waals surface area contributed by atoms with Crippen LogP contribution >= 0.6 is 0 Å². The molecule has 186 valence electrons. The zero-order valence-electron chi connectivity index (χ0n) is 20.7. The molecule has 0 fully saturated rings. The Labute approximate surface area is 204 Å². The summed E-state index contributed by atoms with van der Waals surface area (Å²) in [5, 5.41) is 3.92. The van der Waals surface area contributed by atoms with E-state index in [2.05, 4.69) is 39.8 Å². The molecule has 3 rings (SSSR count). The van der Waals surface area contributed by atoms with E-state index in [1.165, 1.54) is 19.5 Å². The minimum atomic E-state index is -4.45. The minimum Gasteiger partial charge on any atom is -0.494 e. The SMILES string of the molecule is C=C(/C=C\C(C)=C\CC)CNc1ncnc2c(OC)cc(-c3ccc(C(F)(F)F)cn3)cc12.CC. The van der Waals surface area contributed by atoms with Crippen molar-refractivity contribution >= 4 is 16.7 Å². The van der Waals surface area contributed by atoms with Gasteiger partial charge in [-0.3, -0.25) is 4.98 Å². The van der Waals surface area contributed by atoms with Gasteiger partial charge in [-0.1, -0.05) is 51.2 Å². The van der Waals surface area contributed by atoms with Crippen LogP contribution in [0.15, 0.2) is 72.7 Å². The molecular weight excluding hydrogens is 453 g/mol. The van der Waals surface area contributed by atoms with E-state index in [-0.39, 0.29) is 0 Å². The summed E-state index contributed by atoms with van der Waals surface area (Å²) >= 11 is 0. The van der Waals surface area contributed by atoms with Crippen LogP contribution in [0.5, 0.6) is 5.75 Å². The Kier molecular flexibility index (Phi) is 9.99. The maximum absolute atomic E-state index is 12.9. The van der Waals surface area contributed by atoms with Gasteiger partial charge in [0.2, 0.25) is 0 Å². The number of allylic oxidation sites excluding steroid dienone is 3. The molecule has 0 radical (unpaired) electrons. The summed E-state index contributed by atoms with van der Waals surface area (Å²) in [6.07, 6.45) is 4.83. The number of benzene rings is 1. The van der Waals surface area contributed by atoms with E-state index in [1.807, 2.05) is 32.9 Å². The van der Waals surface area contributed by atoms with Gasteiger partial charge in [-0.25, -0.2) is 9.97 Å². The predicted molar refractivity (Wildman–Crippen MR) is 136 cm³/mol. The summed E-state index contributed by atoms with van der Waals surface area (Å²) in [6, 6.07) is 5.81. The molecule has 35 heavy (non-hydrogen) atoms. The van der Waals surface area contributed by atoms with Gasteiger partial charge >= 0.3 is 6.18 Å². The van der Waals surface area contributed by atoms with Crippen LogP contribution < -0.4 is 10.1 Å². The molecule has 0 bridgehead atoms. The van der Waals surface area contributed by atoms with E-state index < -0.39 is 11.7 Å². The maximum atomic E-state index is 12.9. The van der Waals surface area contributed by atoms with Crippen LogP contribution in [0.2, 0.25) is 0 Å². The lowest BCUT2D eigenvalue weighted by atomic mass is 10.1. The highest BCUT2D eigenvalue weighted by molar-refractivity contribution is 5.96. The molecule has 1 N–H and O–H groups in total. The van der Waals surface area contributed by atoms with E-state index in [0.29, 0.717) is 40.3 Å². The lowest BCUT2D eigenvalue weighted by Crippen LogP contribution is -2.06. The normalized spacial score (nSPS) is 11.8. The van der Waals surface area contributed by atoms with Gasteiger partial charge in [-0.2, -0.15) is 13.2 Å². The second-order valence-corrected chi connectivity index (χ2v) is 7.43. The molecule has 2 heterocycles. The number of alkyl halides is 3. The summed E-state index contributed by atoms with van der Waals surface area (Å²) in [4.78, 5) is 12.6. The average molecular weight is 485 g/mol. The smallest absolute Gasteiger partial charge is 0.417 e. The number of pyridine rings is 1. The van der Waals surface area contributed by atoms with E-state index in [1.54, 1.807) is 12.1 Å². The highest BCUT2D eigenvalue weighted by Gasteiger charge is 2.30. The van der Waals surface area contributed by atoms with Crippen molar-refractivity contribution in [3.05, 3.63) is 78.3 Å². The number of hydrogen-bond donors (Lipinski definition) is 1. The number of halogens is 3. The number of anilines is 1. The standard InChI is InChI=1S/C25H25F3N4O.C2H6/c1-5-6-16(2)7-8-17(3)13-30-24-20-11-18(12-22(33-4)23(20)31-15-32-24)21-10-9-19(14-29-21)25(26,27)28;1-2/h6-12,14-15H,3,5,13H2,1-2,4H3,(H,30,31,32);1-2H3/b8-7-,16-6+;. The summed E-state index contributed by atoms with van der Waals surface area (Å²) in [5.74, 6) is 1.02. The van der Waals surface area contributed by atoms with E-state index in [4.69, 9.17) is 4.74 Å². The topological polar surface area (TPSA) is 59.9 Å². The van der Waals surface area contributed by atoms with Gasteiger partial charge in [0.05, 0.1) is 18.4 Å². The Morgan fingerprint density at radius 2 is 1.86 bits per heavy atom. The van der Waals surface area contributed by atoms with Crippen LogP contribution in [0.3, 0.4) is 0 Å². The van der Waals surface area contributed by atoms with Gasteiger partial charge in [-0.15, -0.1) is 0 Å². The van der Waals surface area contributed by atoms with Crippen molar-refractivity contribution < 1.29 is 17.9 Å². The number of nitrogens with zero attached hydrogens (tertiary/aromatic N) is 3. The first-order valence-electron chi connectivity index (χ1n) is 11.4. The van der Waals surface area contributed by atoms with Crippen LogP contribution in [-0.4, -0.2) is 28.6 Å². The number of nitrogens with one attached hydrogen (secondary N) is 1. The lowest BCUT2D eigenvalue weighted by molar-refractivity contribution is -0.137. The van der Waals surface area contributed by atoms with E-state index in [9.17, 15) is 13.2 Å². The summed E-state index contributed by atoms with van der Waals surface area (Å²) in [6.45, 7) is 12.6. The Balaban J connectivity index is 0.00000210. The molecule has 0 aliphatic rings. The van der Waals surface area contributed by atoms with Gasteiger partial charge in [0.1, 0.15) is 23.4 Å². The first-order valence-corrected chi connectivity index (χ1v) is 11.4. The zero-order valence-corrected chi connectivity index (χ0v) is 20.7. The highest BCUT2D eigenvalue weighted by atomic mass is 19.4. The first kappa shape index (κ1) is 27.6. The Morgan fingerprint density at radius 3 is 2.46 bits per heavy atom. The quantitative estimate of drug-likeness (QED) is 0.333. The molecule has 0 atom stereocenters. The van der Waals surface area contributed by atoms with Gasteiger partial charge in [-0.05, 0) is 43.2 Å². The predicted octanol–water partition coefficient (Wildman–Crippen LogP) is 7.63. The molecule has 0 saturated carbocycles. The molecule has 0 saturated heterocycles. The Bertz CT molecular complexity index is 1200. The molecule has 5 nitrogen and oxygen atoms in total. The number of methoxy groups -OCH3 is 1. The highest BCUT2D eigenvalue weighted by Crippen LogP contribution is 2.34. The Hall–Kier alpha value is -3.68. The van der Waals surface area contributed by atoms with Gasteiger partial charge in [0.25, 0.3) is 0 Å². The zero-order chi connectivity index (χ0) is 26.0. The fraction of sp³-hybridized carbons (Fsp3) is 0.296. The van der Waals surface area contributed by atoms with Gasteiger partial charge < -0.3 is 10.1 Å². The molecule has 2 aromatic heterocycles.